The van der Waals surface area contributed by atoms with Crippen LogP contribution in [0.3, 0.4) is 0 Å². The Morgan fingerprint density at radius 3 is 2.67 bits per heavy atom. The van der Waals surface area contributed by atoms with Crippen molar-refractivity contribution in [3.05, 3.63) is 34.9 Å². The van der Waals surface area contributed by atoms with E-state index < -0.39 is 5.60 Å². The van der Waals surface area contributed by atoms with E-state index in [1.165, 1.54) is 16.7 Å². The molecule has 3 N–H and O–H groups in total. The molecule has 0 heterocycles. The third-order valence-corrected chi connectivity index (χ3v) is 3.28. The number of methoxy groups -OCH3 is 1. The highest BCUT2D eigenvalue weighted by Crippen LogP contribution is 2.22. The molecule has 1 atom stereocenters. The summed E-state index contributed by atoms with van der Waals surface area (Å²) in [5, 5.41) is 10.6. The summed E-state index contributed by atoms with van der Waals surface area (Å²) in [5.74, 6) is 0. The van der Waals surface area contributed by atoms with Gasteiger partial charge in [0.15, 0.2) is 0 Å². The highest BCUT2D eigenvalue weighted by molar-refractivity contribution is 5.31. The van der Waals surface area contributed by atoms with Crippen molar-refractivity contribution in [1.82, 2.24) is 0 Å². The molecule has 3 heteroatoms. The van der Waals surface area contributed by atoms with Gasteiger partial charge < -0.3 is 15.6 Å². The van der Waals surface area contributed by atoms with Crippen molar-refractivity contribution >= 4 is 0 Å². The molecule has 0 aliphatic heterocycles. The van der Waals surface area contributed by atoms with Gasteiger partial charge in [-0.05, 0) is 44.4 Å². The van der Waals surface area contributed by atoms with Gasteiger partial charge in [0, 0.05) is 13.5 Å². The molecule has 0 aromatic heterocycles. The number of rotatable bonds is 7. The predicted octanol–water partition coefficient (Wildman–Crippen LogP) is 1.96. The lowest BCUT2D eigenvalue weighted by Gasteiger charge is -2.28. The largest absolute Gasteiger partial charge is 0.387 e. The first-order valence-corrected chi connectivity index (χ1v) is 6.48. The smallest absolute Gasteiger partial charge is 0.0920 e. The Labute approximate surface area is 110 Å². The molecule has 102 valence electrons. The second-order valence-electron chi connectivity index (χ2n) is 5.16. The van der Waals surface area contributed by atoms with Gasteiger partial charge in [-0.2, -0.15) is 0 Å². The van der Waals surface area contributed by atoms with Gasteiger partial charge in [-0.25, -0.2) is 0 Å². The van der Waals surface area contributed by atoms with Crippen molar-refractivity contribution in [2.45, 2.75) is 38.7 Å². The van der Waals surface area contributed by atoms with Gasteiger partial charge in [0.05, 0.1) is 12.2 Å². The zero-order chi connectivity index (χ0) is 13.6. The van der Waals surface area contributed by atoms with Crippen LogP contribution in [0.2, 0.25) is 0 Å². The molecule has 1 aromatic carbocycles. The van der Waals surface area contributed by atoms with E-state index in [4.69, 9.17) is 10.5 Å². The summed E-state index contributed by atoms with van der Waals surface area (Å²) >= 11 is 0. The standard InChI is InChI=1S/C15H25NO2/c1-12-5-6-13(2)14(9-12)10-15(17,11-18-3)7-4-8-16/h5-6,9,17H,4,7-8,10-11,16H2,1-3H3. The van der Waals surface area contributed by atoms with Crippen molar-refractivity contribution in [3.8, 4) is 0 Å². The van der Waals surface area contributed by atoms with E-state index in [1.54, 1.807) is 7.11 Å². The maximum atomic E-state index is 10.6. The van der Waals surface area contributed by atoms with Gasteiger partial charge in [-0.1, -0.05) is 23.8 Å². The molecule has 0 spiro atoms. The Morgan fingerprint density at radius 2 is 2.06 bits per heavy atom. The molecule has 1 aromatic rings. The molecule has 1 rings (SSSR count). The molecule has 0 fully saturated rings. The summed E-state index contributed by atoms with van der Waals surface area (Å²) in [5.41, 5.74) is 8.33. The minimum Gasteiger partial charge on any atom is -0.387 e. The second kappa shape index (κ2) is 6.88. The third kappa shape index (κ3) is 4.41. The van der Waals surface area contributed by atoms with Crippen LogP contribution < -0.4 is 5.73 Å². The van der Waals surface area contributed by atoms with E-state index >= 15 is 0 Å². The summed E-state index contributed by atoms with van der Waals surface area (Å²) in [4.78, 5) is 0. The van der Waals surface area contributed by atoms with Crippen LogP contribution in [0.5, 0.6) is 0 Å². The van der Waals surface area contributed by atoms with Crippen molar-refractivity contribution in [2.24, 2.45) is 5.73 Å². The lowest BCUT2D eigenvalue weighted by Crippen LogP contribution is -2.37. The van der Waals surface area contributed by atoms with Gasteiger partial charge in [0.25, 0.3) is 0 Å². The summed E-state index contributed by atoms with van der Waals surface area (Å²) in [6.45, 7) is 5.09. The van der Waals surface area contributed by atoms with E-state index in [2.05, 4.69) is 32.0 Å². The number of nitrogens with two attached hydrogens (primary N) is 1. The Kier molecular flexibility index (Phi) is 5.79. The number of aliphatic hydroxyl groups is 1. The summed E-state index contributed by atoms with van der Waals surface area (Å²) in [6.07, 6.45) is 2.10. The van der Waals surface area contributed by atoms with Crippen molar-refractivity contribution < 1.29 is 9.84 Å². The van der Waals surface area contributed by atoms with E-state index in [-0.39, 0.29) is 0 Å². The molecule has 0 bridgehead atoms. The molecule has 0 aliphatic carbocycles. The van der Waals surface area contributed by atoms with Crippen LogP contribution in [0, 0.1) is 13.8 Å². The fraction of sp³-hybridized carbons (Fsp3) is 0.600. The summed E-state index contributed by atoms with van der Waals surface area (Å²) < 4.78 is 5.16. The van der Waals surface area contributed by atoms with Crippen LogP contribution in [0.4, 0.5) is 0 Å². The fourth-order valence-electron chi connectivity index (χ4n) is 2.26. The Bertz CT molecular complexity index is 379. The molecule has 1 unspecified atom stereocenters. The van der Waals surface area contributed by atoms with Crippen molar-refractivity contribution in [1.29, 1.82) is 0 Å². The SMILES string of the molecule is COCC(O)(CCCN)Cc1cc(C)ccc1C. The minimum absolute atomic E-state index is 0.348. The first kappa shape index (κ1) is 15.2. The second-order valence-corrected chi connectivity index (χ2v) is 5.16. The predicted molar refractivity (Wildman–Crippen MR) is 74.7 cm³/mol. The average molecular weight is 251 g/mol. The normalized spacial score (nSPS) is 14.5. The summed E-state index contributed by atoms with van der Waals surface area (Å²) in [6, 6.07) is 6.33. The number of benzene rings is 1. The maximum absolute atomic E-state index is 10.6. The topological polar surface area (TPSA) is 55.5 Å². The molecule has 0 aliphatic rings. The molecule has 0 saturated heterocycles. The number of aryl methyl sites for hydroxylation is 2. The minimum atomic E-state index is -0.813. The number of ether oxygens (including phenoxy) is 1. The first-order chi connectivity index (χ1) is 8.50. The van der Waals surface area contributed by atoms with Crippen molar-refractivity contribution in [3.63, 3.8) is 0 Å². The maximum Gasteiger partial charge on any atom is 0.0920 e. The van der Waals surface area contributed by atoms with E-state index in [0.717, 1.165) is 6.42 Å². The van der Waals surface area contributed by atoms with Crippen LogP contribution >= 0.6 is 0 Å². The zero-order valence-electron chi connectivity index (χ0n) is 11.7. The first-order valence-electron chi connectivity index (χ1n) is 6.48. The monoisotopic (exact) mass is 251 g/mol. The van der Waals surface area contributed by atoms with Crippen LogP contribution in [-0.4, -0.2) is 31.0 Å². The third-order valence-electron chi connectivity index (χ3n) is 3.28. The van der Waals surface area contributed by atoms with Gasteiger partial charge in [-0.3, -0.25) is 0 Å². The molecule has 0 amide bonds. The Balaban J connectivity index is 2.84. The van der Waals surface area contributed by atoms with Crippen LogP contribution in [0.1, 0.15) is 29.5 Å². The van der Waals surface area contributed by atoms with Gasteiger partial charge in [0.2, 0.25) is 0 Å². The molecule has 3 nitrogen and oxygen atoms in total. The molecule has 0 saturated carbocycles. The summed E-state index contributed by atoms with van der Waals surface area (Å²) in [7, 11) is 1.62. The highest BCUT2D eigenvalue weighted by atomic mass is 16.5. The van der Waals surface area contributed by atoms with Gasteiger partial charge in [-0.15, -0.1) is 0 Å². The lowest BCUT2D eigenvalue weighted by atomic mass is 9.88. The van der Waals surface area contributed by atoms with E-state index in [9.17, 15) is 5.11 Å². The number of hydrogen-bond donors (Lipinski definition) is 2. The Hall–Kier alpha value is -0.900. The van der Waals surface area contributed by atoms with E-state index in [0.29, 0.717) is 26.0 Å². The van der Waals surface area contributed by atoms with Gasteiger partial charge >= 0.3 is 0 Å². The highest BCUT2D eigenvalue weighted by Gasteiger charge is 2.27. The van der Waals surface area contributed by atoms with Gasteiger partial charge in [0.1, 0.15) is 0 Å². The number of hydrogen-bond acceptors (Lipinski definition) is 3. The van der Waals surface area contributed by atoms with E-state index in [1.807, 2.05) is 0 Å². The van der Waals surface area contributed by atoms with Crippen molar-refractivity contribution in [2.75, 3.05) is 20.3 Å². The molecule has 0 radical (unpaired) electrons. The Morgan fingerprint density at radius 1 is 1.33 bits per heavy atom. The quantitative estimate of drug-likeness (QED) is 0.779. The van der Waals surface area contributed by atoms with Crippen LogP contribution in [0.15, 0.2) is 18.2 Å². The average Bonchev–Trinajstić information content (AvgIpc) is 2.32. The zero-order valence-corrected chi connectivity index (χ0v) is 11.7. The van der Waals surface area contributed by atoms with Crippen LogP contribution in [0.25, 0.3) is 0 Å². The molecular formula is C15H25NO2. The molecular weight excluding hydrogens is 226 g/mol. The lowest BCUT2D eigenvalue weighted by molar-refractivity contribution is -0.0376. The fourth-order valence-corrected chi connectivity index (χ4v) is 2.26. The molecule has 18 heavy (non-hydrogen) atoms. The van der Waals surface area contributed by atoms with Crippen LogP contribution in [-0.2, 0) is 11.2 Å².